The first-order valence-corrected chi connectivity index (χ1v) is 6.42. The summed E-state index contributed by atoms with van der Waals surface area (Å²) in [5.74, 6) is 0.524. The van der Waals surface area contributed by atoms with Gasteiger partial charge in [0.15, 0.2) is 0 Å². The molecule has 0 saturated carbocycles. The molecule has 0 fully saturated rings. The standard InChI is InChI=1S/C14H24N2O/c1-5-12(3)14-11-13(7-8-15-14)16(6-2)9-10-17-4/h7-8,11-12H,5-6,9-10H2,1-4H3. The maximum absolute atomic E-state index is 5.14. The van der Waals surface area contributed by atoms with Crippen molar-refractivity contribution in [1.82, 2.24) is 4.98 Å². The van der Waals surface area contributed by atoms with Crippen LogP contribution in [0.1, 0.15) is 38.8 Å². The summed E-state index contributed by atoms with van der Waals surface area (Å²) in [6.45, 7) is 9.26. The van der Waals surface area contributed by atoms with E-state index in [1.165, 1.54) is 11.4 Å². The molecule has 0 bridgehead atoms. The molecule has 0 radical (unpaired) electrons. The first-order chi connectivity index (χ1) is 8.22. The minimum atomic E-state index is 0.524. The van der Waals surface area contributed by atoms with Gasteiger partial charge >= 0.3 is 0 Å². The summed E-state index contributed by atoms with van der Waals surface area (Å²) in [5.41, 5.74) is 2.43. The zero-order valence-corrected chi connectivity index (χ0v) is 11.4. The molecule has 3 nitrogen and oxygen atoms in total. The maximum atomic E-state index is 5.14. The molecule has 1 heterocycles. The number of pyridine rings is 1. The molecule has 17 heavy (non-hydrogen) atoms. The van der Waals surface area contributed by atoms with Crippen LogP contribution in [0.4, 0.5) is 5.69 Å². The van der Waals surface area contributed by atoms with Gasteiger partial charge in [-0.25, -0.2) is 0 Å². The Hall–Kier alpha value is -1.09. The topological polar surface area (TPSA) is 25.4 Å². The highest BCUT2D eigenvalue weighted by Crippen LogP contribution is 2.21. The summed E-state index contributed by atoms with van der Waals surface area (Å²) in [6, 6.07) is 4.28. The van der Waals surface area contributed by atoms with Crippen molar-refractivity contribution in [1.29, 1.82) is 0 Å². The molecular weight excluding hydrogens is 212 g/mol. The van der Waals surface area contributed by atoms with E-state index in [4.69, 9.17) is 4.74 Å². The first-order valence-electron chi connectivity index (χ1n) is 6.42. The molecule has 1 unspecified atom stereocenters. The maximum Gasteiger partial charge on any atom is 0.0637 e. The molecule has 0 N–H and O–H groups in total. The molecule has 1 aromatic heterocycles. The van der Waals surface area contributed by atoms with E-state index in [9.17, 15) is 0 Å². The predicted octanol–water partition coefficient (Wildman–Crippen LogP) is 3.07. The number of hydrogen-bond acceptors (Lipinski definition) is 3. The molecule has 0 aliphatic carbocycles. The largest absolute Gasteiger partial charge is 0.383 e. The quantitative estimate of drug-likeness (QED) is 0.727. The van der Waals surface area contributed by atoms with Gasteiger partial charge < -0.3 is 9.64 Å². The van der Waals surface area contributed by atoms with Crippen LogP contribution >= 0.6 is 0 Å². The normalized spacial score (nSPS) is 12.5. The molecule has 1 atom stereocenters. The van der Waals surface area contributed by atoms with E-state index in [0.717, 1.165) is 26.1 Å². The average Bonchev–Trinajstić information content (AvgIpc) is 2.39. The van der Waals surface area contributed by atoms with E-state index in [0.29, 0.717) is 5.92 Å². The molecule has 96 valence electrons. The number of hydrogen-bond donors (Lipinski definition) is 0. The SMILES string of the molecule is CCC(C)c1cc(N(CC)CCOC)ccn1. The molecule has 0 aromatic carbocycles. The van der Waals surface area contributed by atoms with E-state index in [1.807, 2.05) is 6.20 Å². The minimum absolute atomic E-state index is 0.524. The Bertz CT molecular complexity index is 328. The van der Waals surface area contributed by atoms with E-state index >= 15 is 0 Å². The van der Waals surface area contributed by atoms with Gasteiger partial charge in [-0.2, -0.15) is 0 Å². The summed E-state index contributed by atoms with van der Waals surface area (Å²) >= 11 is 0. The van der Waals surface area contributed by atoms with Crippen molar-refractivity contribution in [3.8, 4) is 0 Å². The van der Waals surface area contributed by atoms with Crippen LogP contribution in [0.3, 0.4) is 0 Å². The van der Waals surface area contributed by atoms with Crippen molar-refractivity contribution in [2.24, 2.45) is 0 Å². The van der Waals surface area contributed by atoms with Crippen LogP contribution in [0.15, 0.2) is 18.3 Å². The third-order valence-corrected chi connectivity index (χ3v) is 3.19. The Balaban J connectivity index is 2.81. The van der Waals surface area contributed by atoms with E-state index in [2.05, 4.69) is 42.8 Å². The van der Waals surface area contributed by atoms with Gasteiger partial charge in [0.25, 0.3) is 0 Å². The van der Waals surface area contributed by atoms with Gasteiger partial charge in [-0.15, -0.1) is 0 Å². The molecule has 0 amide bonds. The highest BCUT2D eigenvalue weighted by Gasteiger charge is 2.08. The number of methoxy groups -OCH3 is 1. The molecule has 1 aromatic rings. The van der Waals surface area contributed by atoms with Gasteiger partial charge in [0, 0.05) is 37.8 Å². The van der Waals surface area contributed by atoms with Gasteiger partial charge in [-0.1, -0.05) is 13.8 Å². The fraction of sp³-hybridized carbons (Fsp3) is 0.643. The fourth-order valence-corrected chi connectivity index (χ4v) is 1.78. The van der Waals surface area contributed by atoms with Crippen molar-refractivity contribution in [2.75, 3.05) is 31.7 Å². The number of aromatic nitrogens is 1. The fourth-order valence-electron chi connectivity index (χ4n) is 1.78. The second kappa shape index (κ2) is 7.28. The molecular formula is C14H24N2O. The van der Waals surface area contributed by atoms with Gasteiger partial charge in [0.1, 0.15) is 0 Å². The van der Waals surface area contributed by atoms with E-state index in [1.54, 1.807) is 7.11 Å². The van der Waals surface area contributed by atoms with Crippen molar-refractivity contribution < 1.29 is 4.74 Å². The minimum Gasteiger partial charge on any atom is -0.383 e. The first kappa shape index (κ1) is 14.0. The molecule has 0 aliphatic heterocycles. The Morgan fingerprint density at radius 3 is 2.76 bits per heavy atom. The van der Waals surface area contributed by atoms with Crippen molar-refractivity contribution >= 4 is 5.69 Å². The van der Waals surface area contributed by atoms with Crippen LogP contribution < -0.4 is 4.90 Å². The lowest BCUT2D eigenvalue weighted by molar-refractivity contribution is 0.205. The molecule has 0 spiro atoms. The van der Waals surface area contributed by atoms with Crippen LogP contribution in [0.25, 0.3) is 0 Å². The molecule has 1 rings (SSSR count). The Labute approximate surface area is 105 Å². The Morgan fingerprint density at radius 1 is 1.41 bits per heavy atom. The number of anilines is 1. The van der Waals surface area contributed by atoms with Crippen molar-refractivity contribution in [3.05, 3.63) is 24.0 Å². The Morgan fingerprint density at radius 2 is 2.18 bits per heavy atom. The number of nitrogens with zero attached hydrogens (tertiary/aromatic N) is 2. The van der Waals surface area contributed by atoms with Crippen LogP contribution in [0, 0.1) is 0 Å². The van der Waals surface area contributed by atoms with Crippen LogP contribution in [0.5, 0.6) is 0 Å². The summed E-state index contributed by atoms with van der Waals surface area (Å²) in [5, 5.41) is 0. The number of rotatable bonds is 7. The van der Waals surface area contributed by atoms with E-state index < -0.39 is 0 Å². The lowest BCUT2D eigenvalue weighted by atomic mass is 10.0. The monoisotopic (exact) mass is 236 g/mol. The third kappa shape index (κ3) is 4.00. The highest BCUT2D eigenvalue weighted by atomic mass is 16.5. The van der Waals surface area contributed by atoms with Crippen molar-refractivity contribution in [3.63, 3.8) is 0 Å². The van der Waals surface area contributed by atoms with Gasteiger partial charge in [0.2, 0.25) is 0 Å². The van der Waals surface area contributed by atoms with Gasteiger partial charge in [-0.05, 0) is 31.4 Å². The zero-order chi connectivity index (χ0) is 12.7. The molecule has 0 saturated heterocycles. The number of ether oxygens (including phenoxy) is 1. The third-order valence-electron chi connectivity index (χ3n) is 3.19. The van der Waals surface area contributed by atoms with Gasteiger partial charge in [-0.3, -0.25) is 4.98 Å². The summed E-state index contributed by atoms with van der Waals surface area (Å²) < 4.78 is 5.14. The number of likely N-dealkylation sites (N-methyl/N-ethyl adjacent to an activating group) is 1. The van der Waals surface area contributed by atoms with E-state index in [-0.39, 0.29) is 0 Å². The highest BCUT2D eigenvalue weighted by molar-refractivity contribution is 5.46. The predicted molar refractivity (Wildman–Crippen MR) is 72.7 cm³/mol. The second-order valence-electron chi connectivity index (χ2n) is 4.32. The zero-order valence-electron chi connectivity index (χ0n) is 11.4. The van der Waals surface area contributed by atoms with Crippen LogP contribution in [0.2, 0.25) is 0 Å². The van der Waals surface area contributed by atoms with Crippen LogP contribution in [-0.4, -0.2) is 31.8 Å². The molecule has 3 heteroatoms. The summed E-state index contributed by atoms with van der Waals surface area (Å²) in [4.78, 5) is 6.77. The molecule has 0 aliphatic rings. The second-order valence-corrected chi connectivity index (χ2v) is 4.32. The Kier molecular flexibility index (Phi) is 5.98. The summed E-state index contributed by atoms with van der Waals surface area (Å²) in [7, 11) is 1.74. The average molecular weight is 236 g/mol. The van der Waals surface area contributed by atoms with Gasteiger partial charge in [0.05, 0.1) is 6.61 Å². The summed E-state index contributed by atoms with van der Waals surface area (Å²) in [6.07, 6.45) is 3.03. The van der Waals surface area contributed by atoms with Crippen molar-refractivity contribution in [2.45, 2.75) is 33.1 Å². The lowest BCUT2D eigenvalue weighted by Crippen LogP contribution is -2.26. The smallest absolute Gasteiger partial charge is 0.0637 e. The lowest BCUT2D eigenvalue weighted by Gasteiger charge is -2.23. The van der Waals surface area contributed by atoms with Crippen LogP contribution in [-0.2, 0) is 4.74 Å².